The molecule has 14 heteroatoms. The monoisotopic (exact) mass is 602 g/mol. The van der Waals surface area contributed by atoms with Crippen LogP contribution in [-0.4, -0.2) is 53.8 Å². The number of alkyl halides is 5. The summed E-state index contributed by atoms with van der Waals surface area (Å²) < 4.78 is 101. The maximum atomic E-state index is 13.7. The fraction of sp³-hybridized carbons (Fsp3) is 0.846. The van der Waals surface area contributed by atoms with Gasteiger partial charge in [-0.25, -0.2) is 0 Å². The van der Waals surface area contributed by atoms with Gasteiger partial charge in [0.2, 0.25) is 0 Å². The van der Waals surface area contributed by atoms with Crippen molar-refractivity contribution in [3.05, 3.63) is 0 Å². The topological polar surface area (TPSA) is 132 Å². The summed E-state index contributed by atoms with van der Waals surface area (Å²) in [5.74, 6) is -3.38. The van der Waals surface area contributed by atoms with E-state index >= 15 is 0 Å². The minimum Gasteiger partial charge on any atom is -0.445 e. The normalized spacial score (nSPS) is 34.0. The fourth-order valence-corrected chi connectivity index (χ4v) is 7.50. The summed E-state index contributed by atoms with van der Waals surface area (Å²) in [6, 6.07) is 0. The molecule has 0 spiro atoms. The lowest BCUT2D eigenvalue weighted by Gasteiger charge is -2.57. The SMILES string of the molecule is CC(CCC(=O)OC(C(F)(F)F)C(F)(F)S(=O)(=O)O)C(C)C1(C)CC2C(=O)CC3CC(=O)CCC3(C)C2CC1=O. The number of carbonyl (C=O) groups is 4. The molecule has 0 radical (unpaired) electrons. The second-order valence-corrected chi connectivity index (χ2v) is 13.8. The van der Waals surface area contributed by atoms with Gasteiger partial charge in [-0.05, 0) is 48.3 Å². The van der Waals surface area contributed by atoms with E-state index < -0.39 is 63.2 Å². The van der Waals surface area contributed by atoms with E-state index in [0.29, 0.717) is 19.3 Å². The molecule has 1 N–H and O–H groups in total. The first-order valence-corrected chi connectivity index (χ1v) is 14.7. The molecule has 228 valence electrons. The molecule has 0 amide bonds. The predicted molar refractivity (Wildman–Crippen MR) is 129 cm³/mol. The second-order valence-electron chi connectivity index (χ2n) is 12.3. The number of carbonyl (C=O) groups excluding carboxylic acids is 4. The molecule has 3 fully saturated rings. The van der Waals surface area contributed by atoms with E-state index in [0.717, 1.165) is 0 Å². The Labute approximate surface area is 229 Å². The van der Waals surface area contributed by atoms with Crippen molar-refractivity contribution in [3.63, 3.8) is 0 Å². The quantitative estimate of drug-likeness (QED) is 0.235. The fourth-order valence-electron chi connectivity index (χ4n) is 7.04. The first-order valence-electron chi connectivity index (χ1n) is 13.2. The maximum absolute atomic E-state index is 13.7. The Hall–Kier alpha value is -1.96. The smallest absolute Gasteiger partial charge is 0.432 e. The molecule has 0 saturated heterocycles. The van der Waals surface area contributed by atoms with Gasteiger partial charge in [-0.1, -0.05) is 27.7 Å². The second kappa shape index (κ2) is 10.7. The molecular formula is C26H35F5O8S. The van der Waals surface area contributed by atoms with Crippen molar-refractivity contribution >= 4 is 33.4 Å². The molecular weight excluding hydrogens is 567 g/mol. The van der Waals surface area contributed by atoms with E-state index in [1.807, 2.05) is 6.92 Å². The third-order valence-electron chi connectivity index (χ3n) is 10.1. The van der Waals surface area contributed by atoms with Crippen LogP contribution < -0.4 is 0 Å². The average Bonchev–Trinajstić information content (AvgIpc) is 2.82. The van der Waals surface area contributed by atoms with Crippen LogP contribution in [0.5, 0.6) is 0 Å². The van der Waals surface area contributed by atoms with Gasteiger partial charge >= 0.3 is 27.5 Å². The number of hydrogen-bond donors (Lipinski definition) is 1. The summed E-state index contributed by atoms with van der Waals surface area (Å²) in [5, 5.41) is -5.81. The minimum atomic E-state index is -6.55. The Morgan fingerprint density at radius 2 is 1.68 bits per heavy atom. The van der Waals surface area contributed by atoms with Crippen molar-refractivity contribution in [2.24, 2.45) is 40.4 Å². The lowest BCUT2D eigenvalue weighted by Crippen LogP contribution is -2.57. The maximum Gasteiger partial charge on any atom is 0.432 e. The number of fused-ring (bicyclic) bond motifs is 3. The van der Waals surface area contributed by atoms with Gasteiger partial charge in [0.1, 0.15) is 17.3 Å². The standard InChI is InChI=1S/C26H35F5O8S/c1-13(5-6-21(35)39-22(25(27,28)29)26(30,31)40(36,37)38)14(2)24(4)12-17-18(11-20(24)34)23(3)8-7-16(32)9-15(23)10-19(17)33/h13-15,17-18,22H,5-12H2,1-4H3,(H,36,37,38). The Bertz CT molecular complexity index is 1170. The lowest BCUT2D eigenvalue weighted by atomic mass is 9.45. The third kappa shape index (κ3) is 5.84. The molecule has 0 aliphatic heterocycles. The molecule has 0 aromatic heterocycles. The Balaban J connectivity index is 1.70. The molecule has 0 aromatic carbocycles. The number of ketones is 3. The highest BCUT2D eigenvalue weighted by atomic mass is 32.2. The van der Waals surface area contributed by atoms with Gasteiger partial charge in [0, 0.05) is 43.4 Å². The van der Waals surface area contributed by atoms with Crippen LogP contribution in [0.3, 0.4) is 0 Å². The zero-order valence-corrected chi connectivity index (χ0v) is 23.5. The molecule has 8 atom stereocenters. The molecule has 0 aromatic rings. The molecule has 40 heavy (non-hydrogen) atoms. The molecule has 3 rings (SSSR count). The summed E-state index contributed by atoms with van der Waals surface area (Å²) >= 11 is 0. The summed E-state index contributed by atoms with van der Waals surface area (Å²) in [5.41, 5.74) is -1.32. The highest BCUT2D eigenvalue weighted by Gasteiger charge is 2.66. The molecule has 8 nitrogen and oxygen atoms in total. The largest absolute Gasteiger partial charge is 0.445 e. The number of hydrogen-bond acceptors (Lipinski definition) is 7. The van der Waals surface area contributed by atoms with E-state index in [1.54, 1.807) is 20.8 Å². The van der Waals surface area contributed by atoms with E-state index in [1.165, 1.54) is 0 Å². The molecule has 3 saturated carbocycles. The van der Waals surface area contributed by atoms with Gasteiger partial charge in [-0.15, -0.1) is 0 Å². The van der Waals surface area contributed by atoms with Crippen LogP contribution in [0.4, 0.5) is 22.0 Å². The van der Waals surface area contributed by atoms with E-state index in [2.05, 4.69) is 4.74 Å². The first-order chi connectivity index (χ1) is 18.1. The van der Waals surface area contributed by atoms with Crippen molar-refractivity contribution in [3.8, 4) is 0 Å². The van der Waals surface area contributed by atoms with Crippen LogP contribution in [0.15, 0.2) is 0 Å². The molecule has 8 unspecified atom stereocenters. The van der Waals surface area contributed by atoms with Gasteiger partial charge in [0.15, 0.2) is 0 Å². The number of halogens is 5. The van der Waals surface area contributed by atoms with Gasteiger partial charge in [0.25, 0.3) is 6.10 Å². The Morgan fingerprint density at radius 1 is 1.07 bits per heavy atom. The average molecular weight is 603 g/mol. The Morgan fingerprint density at radius 3 is 2.23 bits per heavy atom. The number of Topliss-reactive ketones (excluding diaryl/α,β-unsaturated/α-hetero) is 3. The number of ether oxygens (including phenoxy) is 1. The van der Waals surface area contributed by atoms with E-state index in [-0.39, 0.29) is 60.3 Å². The van der Waals surface area contributed by atoms with Crippen molar-refractivity contribution in [2.45, 2.75) is 96.6 Å². The van der Waals surface area contributed by atoms with Crippen LogP contribution in [0, 0.1) is 40.4 Å². The predicted octanol–water partition coefficient (Wildman–Crippen LogP) is 4.94. The van der Waals surface area contributed by atoms with Crippen molar-refractivity contribution in [1.29, 1.82) is 0 Å². The van der Waals surface area contributed by atoms with Crippen molar-refractivity contribution < 1.29 is 58.8 Å². The van der Waals surface area contributed by atoms with Gasteiger partial charge < -0.3 is 4.74 Å². The summed E-state index contributed by atoms with van der Waals surface area (Å²) in [4.78, 5) is 50.8. The minimum absolute atomic E-state index is 0.00212. The van der Waals surface area contributed by atoms with Crippen LogP contribution in [-0.2, 0) is 34.0 Å². The third-order valence-corrected chi connectivity index (χ3v) is 11.0. The zero-order chi connectivity index (χ0) is 30.6. The zero-order valence-electron chi connectivity index (χ0n) is 22.7. The molecule has 0 bridgehead atoms. The molecule has 3 aliphatic rings. The van der Waals surface area contributed by atoms with Crippen LogP contribution in [0.25, 0.3) is 0 Å². The summed E-state index contributed by atoms with van der Waals surface area (Å²) in [7, 11) is -6.55. The van der Waals surface area contributed by atoms with Crippen molar-refractivity contribution in [1.82, 2.24) is 0 Å². The van der Waals surface area contributed by atoms with Crippen LogP contribution >= 0.6 is 0 Å². The van der Waals surface area contributed by atoms with Crippen molar-refractivity contribution in [2.75, 3.05) is 0 Å². The van der Waals surface area contributed by atoms with Crippen LogP contribution in [0.1, 0.15) is 79.1 Å². The molecule has 3 aliphatic carbocycles. The van der Waals surface area contributed by atoms with Gasteiger partial charge in [-0.2, -0.15) is 30.4 Å². The van der Waals surface area contributed by atoms with E-state index in [4.69, 9.17) is 4.55 Å². The van der Waals surface area contributed by atoms with E-state index in [9.17, 15) is 49.5 Å². The summed E-state index contributed by atoms with van der Waals surface area (Å²) in [6.07, 6.45) is -9.35. The first kappa shape index (κ1) is 32.6. The highest BCUT2D eigenvalue weighted by Crippen LogP contribution is 2.60. The van der Waals surface area contributed by atoms with Crippen LogP contribution in [0.2, 0.25) is 0 Å². The van der Waals surface area contributed by atoms with Gasteiger partial charge in [-0.3, -0.25) is 23.7 Å². The summed E-state index contributed by atoms with van der Waals surface area (Å²) in [6.45, 7) is 7.10. The highest BCUT2D eigenvalue weighted by molar-refractivity contribution is 7.86. The molecule has 0 heterocycles. The van der Waals surface area contributed by atoms with Gasteiger partial charge in [0.05, 0.1) is 0 Å². The number of esters is 1. The Kier molecular flexibility index (Phi) is 8.71. The number of rotatable bonds is 8. The lowest BCUT2D eigenvalue weighted by molar-refractivity contribution is -0.259.